The van der Waals surface area contributed by atoms with Crippen molar-refractivity contribution in [3.05, 3.63) is 40.8 Å². The second-order valence-electron chi connectivity index (χ2n) is 4.73. The molecule has 2 aromatic heterocycles. The summed E-state index contributed by atoms with van der Waals surface area (Å²) in [6.45, 7) is 2.16. The van der Waals surface area contributed by atoms with Gasteiger partial charge in [0, 0.05) is 12.1 Å². The molecule has 0 radical (unpaired) electrons. The minimum atomic E-state index is 0.230. The number of nitrogen functional groups attached to an aromatic ring is 1. The van der Waals surface area contributed by atoms with E-state index in [1.54, 1.807) is 16.9 Å². The molecule has 0 atom stereocenters. The molecule has 108 valence electrons. The third-order valence-electron chi connectivity index (χ3n) is 3.16. The molecule has 6 nitrogen and oxygen atoms in total. The highest BCUT2D eigenvalue weighted by molar-refractivity contribution is 6.30. The van der Waals surface area contributed by atoms with E-state index in [0.29, 0.717) is 22.3 Å². The van der Waals surface area contributed by atoms with Crippen molar-refractivity contribution in [2.45, 2.75) is 13.5 Å². The Morgan fingerprint density at radius 2 is 2.14 bits per heavy atom. The number of fused-ring (bicyclic) bond motifs is 1. The number of rotatable bonds is 3. The summed E-state index contributed by atoms with van der Waals surface area (Å²) in [5, 5.41) is 5.54. The van der Waals surface area contributed by atoms with Gasteiger partial charge in [0.1, 0.15) is 18.2 Å². The van der Waals surface area contributed by atoms with Gasteiger partial charge in [-0.1, -0.05) is 11.6 Å². The molecule has 0 unspecified atom stereocenters. The Morgan fingerprint density at radius 1 is 1.33 bits per heavy atom. The number of hydrogen-bond donors (Lipinski definition) is 1. The summed E-state index contributed by atoms with van der Waals surface area (Å²) >= 11 is 5.92. The number of nitrogens with two attached hydrogens (primary N) is 1. The van der Waals surface area contributed by atoms with E-state index in [1.807, 2.05) is 26.1 Å². The molecule has 0 amide bonds. The molecule has 7 heteroatoms. The highest BCUT2D eigenvalue weighted by Crippen LogP contribution is 2.23. The van der Waals surface area contributed by atoms with Crippen molar-refractivity contribution < 1.29 is 4.74 Å². The van der Waals surface area contributed by atoms with Gasteiger partial charge in [0.2, 0.25) is 0 Å². The Kier molecular flexibility index (Phi) is 3.39. The van der Waals surface area contributed by atoms with E-state index in [4.69, 9.17) is 22.1 Å². The van der Waals surface area contributed by atoms with Gasteiger partial charge in [0.15, 0.2) is 11.5 Å². The number of nitrogens with zero attached hydrogens (tertiary/aromatic N) is 4. The molecule has 0 spiro atoms. The van der Waals surface area contributed by atoms with Crippen molar-refractivity contribution in [3.63, 3.8) is 0 Å². The van der Waals surface area contributed by atoms with Crippen molar-refractivity contribution >= 4 is 28.5 Å². The average molecular weight is 304 g/mol. The van der Waals surface area contributed by atoms with Crippen LogP contribution in [-0.4, -0.2) is 19.7 Å². The van der Waals surface area contributed by atoms with Crippen LogP contribution < -0.4 is 10.5 Å². The number of aromatic nitrogens is 4. The smallest absolute Gasteiger partial charge is 0.170 e. The summed E-state index contributed by atoms with van der Waals surface area (Å²) in [6, 6.07) is 5.45. The van der Waals surface area contributed by atoms with Crippen LogP contribution in [0.15, 0.2) is 24.4 Å². The molecule has 0 fully saturated rings. The van der Waals surface area contributed by atoms with Crippen LogP contribution in [0.5, 0.6) is 5.75 Å². The molecule has 2 N–H and O–H groups in total. The average Bonchev–Trinajstić information content (AvgIpc) is 2.80. The molecular formula is C14H14ClN5O. The lowest BCUT2D eigenvalue weighted by atomic mass is 10.2. The lowest BCUT2D eigenvalue weighted by molar-refractivity contribution is 0.294. The maximum absolute atomic E-state index is 5.92. The van der Waals surface area contributed by atoms with Gasteiger partial charge in [-0.25, -0.2) is 9.97 Å². The highest BCUT2D eigenvalue weighted by atomic mass is 35.5. The predicted molar refractivity (Wildman–Crippen MR) is 81.2 cm³/mol. The van der Waals surface area contributed by atoms with E-state index in [-0.39, 0.29) is 6.61 Å². The first-order chi connectivity index (χ1) is 10.0. The normalized spacial score (nSPS) is 11.0. The van der Waals surface area contributed by atoms with Gasteiger partial charge in [-0.3, -0.25) is 4.68 Å². The zero-order chi connectivity index (χ0) is 15.0. The number of aryl methyl sites for hydroxylation is 2. The number of ether oxygens (including phenoxy) is 1. The third-order valence-corrected chi connectivity index (χ3v) is 3.40. The van der Waals surface area contributed by atoms with E-state index in [9.17, 15) is 0 Å². The molecule has 21 heavy (non-hydrogen) atoms. The maximum Gasteiger partial charge on any atom is 0.170 e. The quantitative estimate of drug-likeness (QED) is 0.804. The molecule has 0 aliphatic heterocycles. The van der Waals surface area contributed by atoms with Crippen LogP contribution in [0, 0.1) is 6.92 Å². The molecule has 0 saturated heterocycles. The molecule has 0 bridgehead atoms. The van der Waals surface area contributed by atoms with E-state index in [1.165, 1.54) is 0 Å². The van der Waals surface area contributed by atoms with Crippen molar-refractivity contribution in [2.24, 2.45) is 7.05 Å². The van der Waals surface area contributed by atoms with E-state index >= 15 is 0 Å². The van der Waals surface area contributed by atoms with Crippen LogP contribution in [0.3, 0.4) is 0 Å². The van der Waals surface area contributed by atoms with Crippen LogP contribution in [0.1, 0.15) is 11.4 Å². The Balaban J connectivity index is 1.86. The summed E-state index contributed by atoms with van der Waals surface area (Å²) in [7, 11) is 1.81. The number of benzene rings is 1. The van der Waals surface area contributed by atoms with Crippen LogP contribution in [0.4, 0.5) is 5.82 Å². The summed E-state index contributed by atoms with van der Waals surface area (Å²) < 4.78 is 7.39. The summed E-state index contributed by atoms with van der Waals surface area (Å²) in [4.78, 5) is 8.66. The Hall–Kier alpha value is -2.34. The molecule has 3 aromatic rings. The van der Waals surface area contributed by atoms with Gasteiger partial charge in [0.05, 0.1) is 11.6 Å². The minimum Gasteiger partial charge on any atom is -0.485 e. The van der Waals surface area contributed by atoms with Gasteiger partial charge in [-0.2, -0.15) is 5.10 Å². The Morgan fingerprint density at radius 3 is 2.90 bits per heavy atom. The Bertz CT molecular complexity index is 814. The number of anilines is 1. The molecule has 3 rings (SSSR count). The fraction of sp³-hybridized carbons (Fsp3) is 0.214. The lowest BCUT2D eigenvalue weighted by Crippen LogP contribution is -2.06. The van der Waals surface area contributed by atoms with Crippen LogP contribution in [-0.2, 0) is 13.7 Å². The number of hydrogen-bond acceptors (Lipinski definition) is 5. The molecular weight excluding hydrogens is 290 g/mol. The lowest BCUT2D eigenvalue weighted by Gasteiger charge is -2.09. The molecule has 0 aliphatic rings. The zero-order valence-corrected chi connectivity index (χ0v) is 12.4. The largest absolute Gasteiger partial charge is 0.485 e. The van der Waals surface area contributed by atoms with Gasteiger partial charge < -0.3 is 10.5 Å². The topological polar surface area (TPSA) is 78.9 Å². The second-order valence-corrected chi connectivity index (χ2v) is 5.17. The maximum atomic E-state index is 5.92. The summed E-state index contributed by atoms with van der Waals surface area (Å²) in [5.41, 5.74) is 7.56. The summed E-state index contributed by atoms with van der Waals surface area (Å²) in [5.74, 6) is 1.66. The second kappa shape index (κ2) is 5.21. The summed E-state index contributed by atoms with van der Waals surface area (Å²) in [6.07, 6.45) is 1.65. The first-order valence-electron chi connectivity index (χ1n) is 6.37. The van der Waals surface area contributed by atoms with Crippen molar-refractivity contribution in [2.75, 3.05) is 5.73 Å². The Labute approximate surface area is 126 Å². The molecule has 0 saturated carbocycles. The standard InChI is InChI=1S/C14H14ClN5O/c1-8-5-9(15)3-4-11(8)21-7-12-18-13(16)10-6-17-20(2)14(10)19-12/h3-6H,7H2,1-2H3,(H2,16,18,19). The van der Waals surface area contributed by atoms with Crippen molar-refractivity contribution in [1.82, 2.24) is 19.7 Å². The van der Waals surface area contributed by atoms with Crippen LogP contribution in [0.25, 0.3) is 11.0 Å². The van der Waals surface area contributed by atoms with Crippen molar-refractivity contribution in [3.8, 4) is 5.75 Å². The van der Waals surface area contributed by atoms with Gasteiger partial charge in [-0.15, -0.1) is 0 Å². The minimum absolute atomic E-state index is 0.230. The monoisotopic (exact) mass is 303 g/mol. The zero-order valence-electron chi connectivity index (χ0n) is 11.7. The van der Waals surface area contributed by atoms with Crippen LogP contribution in [0.2, 0.25) is 5.02 Å². The predicted octanol–water partition coefficient (Wildman–Crippen LogP) is 2.49. The number of halogens is 1. The fourth-order valence-electron chi connectivity index (χ4n) is 2.07. The SMILES string of the molecule is Cc1cc(Cl)ccc1OCc1nc(N)c2cnn(C)c2n1. The van der Waals surface area contributed by atoms with Crippen LogP contribution >= 0.6 is 11.6 Å². The molecule has 0 aliphatic carbocycles. The molecule has 2 heterocycles. The van der Waals surface area contributed by atoms with Gasteiger partial charge in [0.25, 0.3) is 0 Å². The van der Waals surface area contributed by atoms with Crippen molar-refractivity contribution in [1.29, 1.82) is 0 Å². The van der Waals surface area contributed by atoms with E-state index in [0.717, 1.165) is 16.7 Å². The first-order valence-corrected chi connectivity index (χ1v) is 6.75. The van der Waals surface area contributed by atoms with E-state index < -0.39 is 0 Å². The molecule has 1 aromatic carbocycles. The third kappa shape index (κ3) is 2.62. The van der Waals surface area contributed by atoms with E-state index in [2.05, 4.69) is 15.1 Å². The van der Waals surface area contributed by atoms with Gasteiger partial charge >= 0.3 is 0 Å². The van der Waals surface area contributed by atoms with Gasteiger partial charge in [-0.05, 0) is 30.7 Å². The fourth-order valence-corrected chi connectivity index (χ4v) is 2.30. The first kappa shape index (κ1) is 13.6. The highest BCUT2D eigenvalue weighted by Gasteiger charge is 2.10.